The Morgan fingerprint density at radius 3 is 2.35 bits per heavy atom. The lowest BCUT2D eigenvalue weighted by Gasteiger charge is -2.21. The van der Waals surface area contributed by atoms with E-state index in [1.807, 2.05) is 30.5 Å². The summed E-state index contributed by atoms with van der Waals surface area (Å²) in [7, 11) is 0. The van der Waals surface area contributed by atoms with Crippen LogP contribution in [0.4, 0.5) is 0 Å². The van der Waals surface area contributed by atoms with Crippen molar-refractivity contribution in [2.24, 2.45) is 5.92 Å². The molecule has 0 aromatic heterocycles. The van der Waals surface area contributed by atoms with Crippen molar-refractivity contribution in [3.8, 4) is 0 Å². The van der Waals surface area contributed by atoms with E-state index in [-0.39, 0.29) is 18.3 Å². The van der Waals surface area contributed by atoms with Crippen molar-refractivity contribution in [1.82, 2.24) is 5.32 Å². The average molecular weight is 272 g/mol. The fraction of sp³-hybridized carbons (Fsp3) is 0.462. The summed E-state index contributed by atoms with van der Waals surface area (Å²) < 4.78 is 0. The number of Topliss-reactive ketones (excluding diaryl/α,β-unsaturated/α-hetero) is 1. The predicted octanol–water partition coefficient (Wildman–Crippen LogP) is 3.01. The van der Waals surface area contributed by atoms with E-state index in [0.717, 1.165) is 31.5 Å². The summed E-state index contributed by atoms with van der Waals surface area (Å²) in [4.78, 5) is 13.4. The van der Waals surface area contributed by atoms with Crippen LogP contribution >= 0.6 is 24.2 Å². The lowest BCUT2D eigenvalue weighted by atomic mass is 9.90. The molecule has 0 saturated carbocycles. The van der Waals surface area contributed by atoms with Gasteiger partial charge in [0.15, 0.2) is 5.78 Å². The first-order chi connectivity index (χ1) is 7.81. The van der Waals surface area contributed by atoms with Crippen molar-refractivity contribution in [2.45, 2.75) is 17.7 Å². The van der Waals surface area contributed by atoms with Crippen LogP contribution in [0.2, 0.25) is 0 Å². The highest BCUT2D eigenvalue weighted by molar-refractivity contribution is 7.98. The Bertz CT molecular complexity index is 360. The fourth-order valence-electron chi connectivity index (χ4n) is 2.08. The normalized spacial score (nSPS) is 16.3. The first kappa shape index (κ1) is 14.6. The standard InChI is InChI=1S/C13H17NOS.ClH/c1-16-12-4-2-10(3-5-12)13(15)11-6-8-14-9-7-11;/h2-5,11,14H,6-9H2,1H3;1H. The molecule has 1 aromatic carbocycles. The van der Waals surface area contributed by atoms with E-state index < -0.39 is 0 Å². The molecular weight excluding hydrogens is 254 g/mol. The summed E-state index contributed by atoms with van der Waals surface area (Å²) in [5.74, 6) is 0.538. The second kappa shape index (κ2) is 7.04. The second-order valence-corrected chi connectivity index (χ2v) is 5.00. The van der Waals surface area contributed by atoms with Crippen molar-refractivity contribution in [2.75, 3.05) is 19.3 Å². The van der Waals surface area contributed by atoms with E-state index in [4.69, 9.17) is 0 Å². The molecule has 2 nitrogen and oxygen atoms in total. The van der Waals surface area contributed by atoms with Gasteiger partial charge in [-0.15, -0.1) is 24.2 Å². The highest BCUT2D eigenvalue weighted by Crippen LogP contribution is 2.20. The van der Waals surface area contributed by atoms with Gasteiger partial charge in [-0.05, 0) is 44.3 Å². The van der Waals surface area contributed by atoms with Crippen molar-refractivity contribution in [3.63, 3.8) is 0 Å². The van der Waals surface area contributed by atoms with E-state index in [1.165, 1.54) is 4.90 Å². The molecule has 1 aromatic rings. The number of halogens is 1. The van der Waals surface area contributed by atoms with Crippen molar-refractivity contribution < 1.29 is 4.79 Å². The summed E-state index contributed by atoms with van der Waals surface area (Å²) in [5, 5.41) is 3.28. The molecule has 0 spiro atoms. The van der Waals surface area contributed by atoms with Gasteiger partial charge in [0.2, 0.25) is 0 Å². The van der Waals surface area contributed by atoms with Crippen molar-refractivity contribution in [1.29, 1.82) is 0 Å². The van der Waals surface area contributed by atoms with Gasteiger partial charge in [-0.3, -0.25) is 4.79 Å². The molecule has 1 saturated heterocycles. The van der Waals surface area contributed by atoms with Crippen LogP contribution in [0.15, 0.2) is 29.2 Å². The first-order valence-corrected chi connectivity index (χ1v) is 6.92. The third kappa shape index (κ3) is 3.73. The van der Waals surface area contributed by atoms with Gasteiger partial charge in [-0.2, -0.15) is 0 Å². The number of piperidine rings is 1. The molecule has 0 bridgehead atoms. The number of ketones is 1. The number of rotatable bonds is 3. The molecule has 94 valence electrons. The molecule has 1 heterocycles. The van der Waals surface area contributed by atoms with Gasteiger partial charge in [0.1, 0.15) is 0 Å². The van der Waals surface area contributed by atoms with Crippen LogP contribution in [-0.2, 0) is 0 Å². The molecule has 0 unspecified atom stereocenters. The molecule has 17 heavy (non-hydrogen) atoms. The quantitative estimate of drug-likeness (QED) is 0.677. The van der Waals surface area contributed by atoms with Gasteiger partial charge in [0, 0.05) is 16.4 Å². The summed E-state index contributed by atoms with van der Waals surface area (Å²) in [5.41, 5.74) is 0.865. The number of nitrogens with one attached hydrogen (secondary N) is 1. The Labute approximate surface area is 113 Å². The predicted molar refractivity (Wildman–Crippen MR) is 75.4 cm³/mol. The highest BCUT2D eigenvalue weighted by Gasteiger charge is 2.21. The zero-order chi connectivity index (χ0) is 11.4. The number of hydrogen-bond acceptors (Lipinski definition) is 3. The molecule has 1 aliphatic rings. The average Bonchev–Trinajstić information content (AvgIpc) is 2.39. The largest absolute Gasteiger partial charge is 0.317 e. The molecule has 0 atom stereocenters. The maximum absolute atomic E-state index is 12.2. The van der Waals surface area contributed by atoms with E-state index in [2.05, 4.69) is 5.32 Å². The van der Waals surface area contributed by atoms with Gasteiger partial charge in [0.25, 0.3) is 0 Å². The third-order valence-electron chi connectivity index (χ3n) is 3.08. The van der Waals surface area contributed by atoms with Crippen LogP contribution in [0.3, 0.4) is 0 Å². The summed E-state index contributed by atoms with van der Waals surface area (Å²) >= 11 is 1.70. The monoisotopic (exact) mass is 271 g/mol. The molecule has 0 aliphatic carbocycles. The Morgan fingerprint density at radius 1 is 1.24 bits per heavy atom. The van der Waals surface area contributed by atoms with Gasteiger partial charge in [0.05, 0.1) is 0 Å². The minimum atomic E-state index is 0. The molecule has 0 amide bonds. The SMILES string of the molecule is CSc1ccc(C(=O)C2CCNCC2)cc1.Cl. The van der Waals surface area contributed by atoms with E-state index in [9.17, 15) is 4.79 Å². The fourth-order valence-corrected chi connectivity index (χ4v) is 2.48. The van der Waals surface area contributed by atoms with Crippen LogP contribution in [0.1, 0.15) is 23.2 Å². The Morgan fingerprint density at radius 2 is 1.82 bits per heavy atom. The number of thioether (sulfide) groups is 1. The molecule has 1 N–H and O–H groups in total. The Balaban J connectivity index is 0.00000144. The van der Waals surface area contributed by atoms with Gasteiger partial charge < -0.3 is 5.32 Å². The highest BCUT2D eigenvalue weighted by atomic mass is 35.5. The summed E-state index contributed by atoms with van der Waals surface area (Å²) in [6, 6.07) is 7.96. The number of carbonyl (C=O) groups excluding carboxylic acids is 1. The van der Waals surface area contributed by atoms with Crippen molar-refractivity contribution >= 4 is 30.0 Å². The maximum Gasteiger partial charge on any atom is 0.166 e. The Kier molecular flexibility index (Phi) is 6.03. The molecule has 1 aliphatic heterocycles. The molecular formula is C13H18ClNOS. The van der Waals surface area contributed by atoms with Crippen LogP contribution in [0.25, 0.3) is 0 Å². The lowest BCUT2D eigenvalue weighted by Crippen LogP contribution is -2.31. The van der Waals surface area contributed by atoms with E-state index in [0.29, 0.717) is 5.78 Å². The molecule has 0 radical (unpaired) electrons. The summed E-state index contributed by atoms with van der Waals surface area (Å²) in [6.07, 6.45) is 4.00. The third-order valence-corrected chi connectivity index (χ3v) is 3.83. The summed E-state index contributed by atoms with van der Waals surface area (Å²) in [6.45, 7) is 1.94. The van der Waals surface area contributed by atoms with Gasteiger partial charge >= 0.3 is 0 Å². The minimum absolute atomic E-state index is 0. The zero-order valence-electron chi connectivity index (χ0n) is 9.94. The number of benzene rings is 1. The lowest BCUT2D eigenvalue weighted by molar-refractivity contribution is 0.0895. The molecule has 4 heteroatoms. The first-order valence-electron chi connectivity index (χ1n) is 5.70. The molecule has 1 fully saturated rings. The van der Waals surface area contributed by atoms with Gasteiger partial charge in [-0.1, -0.05) is 12.1 Å². The van der Waals surface area contributed by atoms with Crippen LogP contribution in [0.5, 0.6) is 0 Å². The maximum atomic E-state index is 12.2. The number of hydrogen-bond donors (Lipinski definition) is 1. The number of carbonyl (C=O) groups is 1. The molecule has 2 rings (SSSR count). The Hall–Kier alpha value is -0.510. The second-order valence-electron chi connectivity index (χ2n) is 4.12. The van der Waals surface area contributed by atoms with Crippen molar-refractivity contribution in [3.05, 3.63) is 29.8 Å². The van der Waals surface area contributed by atoms with E-state index >= 15 is 0 Å². The van der Waals surface area contributed by atoms with Crippen LogP contribution < -0.4 is 5.32 Å². The van der Waals surface area contributed by atoms with Crippen LogP contribution in [0, 0.1) is 5.92 Å². The minimum Gasteiger partial charge on any atom is -0.317 e. The van der Waals surface area contributed by atoms with E-state index in [1.54, 1.807) is 11.8 Å². The van der Waals surface area contributed by atoms with Crippen LogP contribution in [-0.4, -0.2) is 25.1 Å². The zero-order valence-corrected chi connectivity index (χ0v) is 11.6. The van der Waals surface area contributed by atoms with Gasteiger partial charge in [-0.25, -0.2) is 0 Å². The topological polar surface area (TPSA) is 29.1 Å². The smallest absolute Gasteiger partial charge is 0.166 e.